The summed E-state index contributed by atoms with van der Waals surface area (Å²) in [7, 11) is 3.19. The second kappa shape index (κ2) is 8.92. The third-order valence-corrected chi connectivity index (χ3v) is 3.91. The van der Waals surface area contributed by atoms with Crippen molar-refractivity contribution >= 4 is 12.0 Å². The highest BCUT2D eigenvalue weighted by atomic mass is 16.5. The molecule has 0 bridgehead atoms. The number of amides is 1. The van der Waals surface area contributed by atoms with Crippen LogP contribution in [0, 0.1) is 12.8 Å². The zero-order valence-electron chi connectivity index (χ0n) is 15.2. The molecule has 1 heterocycles. The zero-order chi connectivity index (χ0) is 18.2. The maximum atomic E-state index is 12.0. The normalized spacial score (nSPS) is 12.2. The van der Waals surface area contributed by atoms with Gasteiger partial charge < -0.3 is 19.4 Å². The summed E-state index contributed by atoms with van der Waals surface area (Å²) in [6.45, 7) is 5.48. The summed E-state index contributed by atoms with van der Waals surface area (Å²) in [5, 5.41) is 2.92. The number of aromatic nitrogens is 2. The van der Waals surface area contributed by atoms with Crippen molar-refractivity contribution in [1.82, 2.24) is 14.9 Å². The van der Waals surface area contributed by atoms with Crippen molar-refractivity contribution in [3.63, 3.8) is 0 Å². The summed E-state index contributed by atoms with van der Waals surface area (Å²) in [4.78, 5) is 16.2. The molecule has 0 spiro atoms. The van der Waals surface area contributed by atoms with Crippen LogP contribution in [0.1, 0.15) is 18.3 Å². The van der Waals surface area contributed by atoms with Gasteiger partial charge in [-0.3, -0.25) is 4.79 Å². The average Bonchev–Trinajstić information content (AvgIpc) is 3.02. The first-order valence-electron chi connectivity index (χ1n) is 8.19. The Hall–Kier alpha value is -2.76. The van der Waals surface area contributed by atoms with Crippen LogP contribution in [0.25, 0.3) is 6.08 Å². The van der Waals surface area contributed by atoms with Crippen molar-refractivity contribution < 1.29 is 14.3 Å². The van der Waals surface area contributed by atoms with E-state index in [9.17, 15) is 4.79 Å². The van der Waals surface area contributed by atoms with Crippen LogP contribution in [0.4, 0.5) is 0 Å². The molecule has 1 unspecified atom stereocenters. The molecule has 25 heavy (non-hydrogen) atoms. The zero-order valence-corrected chi connectivity index (χ0v) is 15.2. The maximum absolute atomic E-state index is 12.0. The Bertz CT molecular complexity index is 737. The molecular formula is C19H25N3O3. The molecule has 0 saturated heterocycles. The van der Waals surface area contributed by atoms with Crippen molar-refractivity contribution in [2.24, 2.45) is 5.92 Å². The van der Waals surface area contributed by atoms with Gasteiger partial charge in [0.1, 0.15) is 17.3 Å². The lowest BCUT2D eigenvalue weighted by Gasteiger charge is -2.13. The number of carbonyl (C=O) groups is 1. The van der Waals surface area contributed by atoms with Gasteiger partial charge in [0.2, 0.25) is 5.91 Å². The maximum Gasteiger partial charge on any atom is 0.244 e. The van der Waals surface area contributed by atoms with Crippen LogP contribution in [0.5, 0.6) is 11.5 Å². The number of methoxy groups -OCH3 is 2. The predicted octanol–water partition coefficient (Wildman–Crippen LogP) is 2.67. The monoisotopic (exact) mass is 343 g/mol. The van der Waals surface area contributed by atoms with E-state index in [0.29, 0.717) is 24.0 Å². The van der Waals surface area contributed by atoms with E-state index in [1.807, 2.05) is 25.3 Å². The third kappa shape index (κ3) is 5.38. The highest BCUT2D eigenvalue weighted by Crippen LogP contribution is 2.25. The molecule has 0 saturated carbocycles. The lowest BCUT2D eigenvalue weighted by molar-refractivity contribution is -0.116. The van der Waals surface area contributed by atoms with Gasteiger partial charge in [0.05, 0.1) is 14.2 Å². The Morgan fingerprint density at radius 1 is 1.36 bits per heavy atom. The molecule has 1 atom stereocenters. The van der Waals surface area contributed by atoms with E-state index >= 15 is 0 Å². The molecule has 1 aromatic carbocycles. The summed E-state index contributed by atoms with van der Waals surface area (Å²) in [5.41, 5.74) is 0.820. The van der Waals surface area contributed by atoms with Gasteiger partial charge in [-0.15, -0.1) is 0 Å². The number of hydrogen-bond acceptors (Lipinski definition) is 4. The quantitative estimate of drug-likeness (QED) is 0.749. The van der Waals surface area contributed by atoms with Crippen LogP contribution in [0.3, 0.4) is 0 Å². The molecule has 2 rings (SSSR count). The van der Waals surface area contributed by atoms with Crippen LogP contribution in [-0.2, 0) is 11.3 Å². The minimum Gasteiger partial charge on any atom is -0.497 e. The number of ether oxygens (including phenoxy) is 2. The number of aryl methyl sites for hydroxylation is 1. The summed E-state index contributed by atoms with van der Waals surface area (Å²) in [6, 6.07) is 5.47. The first-order valence-corrected chi connectivity index (χ1v) is 8.19. The highest BCUT2D eigenvalue weighted by Gasteiger charge is 2.07. The topological polar surface area (TPSA) is 65.4 Å². The number of nitrogens with one attached hydrogen (secondary N) is 1. The lowest BCUT2D eigenvalue weighted by Crippen LogP contribution is -2.28. The molecule has 0 radical (unpaired) electrons. The fraction of sp³-hybridized carbons (Fsp3) is 0.368. The fourth-order valence-corrected chi connectivity index (χ4v) is 2.45. The molecular weight excluding hydrogens is 318 g/mol. The molecule has 0 aliphatic rings. The summed E-state index contributed by atoms with van der Waals surface area (Å²) in [5.74, 6) is 2.52. The molecule has 1 N–H and O–H groups in total. The summed E-state index contributed by atoms with van der Waals surface area (Å²) >= 11 is 0. The Kier molecular flexibility index (Phi) is 6.62. The van der Waals surface area contributed by atoms with Gasteiger partial charge in [0, 0.05) is 43.2 Å². The van der Waals surface area contributed by atoms with E-state index in [-0.39, 0.29) is 5.91 Å². The van der Waals surface area contributed by atoms with E-state index in [1.165, 1.54) is 6.08 Å². The number of imidazole rings is 1. The van der Waals surface area contributed by atoms with Crippen LogP contribution in [-0.4, -0.2) is 36.2 Å². The number of carbonyl (C=O) groups excluding carboxylic acids is 1. The van der Waals surface area contributed by atoms with E-state index in [4.69, 9.17) is 9.47 Å². The van der Waals surface area contributed by atoms with E-state index in [0.717, 1.165) is 17.9 Å². The van der Waals surface area contributed by atoms with E-state index < -0.39 is 0 Å². The van der Waals surface area contributed by atoms with E-state index in [2.05, 4.69) is 21.8 Å². The minimum absolute atomic E-state index is 0.132. The van der Waals surface area contributed by atoms with Gasteiger partial charge in [0.15, 0.2) is 0 Å². The van der Waals surface area contributed by atoms with Gasteiger partial charge in [-0.2, -0.15) is 0 Å². The molecule has 0 aliphatic heterocycles. The van der Waals surface area contributed by atoms with Crippen molar-refractivity contribution in [3.8, 4) is 11.5 Å². The van der Waals surface area contributed by atoms with Gasteiger partial charge in [0.25, 0.3) is 0 Å². The lowest BCUT2D eigenvalue weighted by atomic mass is 10.1. The van der Waals surface area contributed by atoms with Crippen LogP contribution < -0.4 is 14.8 Å². The number of benzene rings is 1. The summed E-state index contributed by atoms with van der Waals surface area (Å²) in [6.07, 6.45) is 6.98. The number of rotatable bonds is 8. The smallest absolute Gasteiger partial charge is 0.244 e. The summed E-state index contributed by atoms with van der Waals surface area (Å²) < 4.78 is 12.6. The van der Waals surface area contributed by atoms with Gasteiger partial charge in [-0.1, -0.05) is 6.92 Å². The average molecular weight is 343 g/mol. The molecule has 2 aromatic rings. The van der Waals surface area contributed by atoms with Crippen LogP contribution in [0.15, 0.2) is 36.7 Å². The first kappa shape index (κ1) is 18.6. The van der Waals surface area contributed by atoms with Gasteiger partial charge >= 0.3 is 0 Å². The Morgan fingerprint density at radius 3 is 2.80 bits per heavy atom. The number of hydrogen-bond donors (Lipinski definition) is 1. The Morgan fingerprint density at radius 2 is 2.16 bits per heavy atom. The van der Waals surface area contributed by atoms with Crippen LogP contribution >= 0.6 is 0 Å². The molecule has 0 fully saturated rings. The van der Waals surface area contributed by atoms with Crippen molar-refractivity contribution in [2.75, 3.05) is 20.8 Å². The molecule has 0 aliphatic carbocycles. The Labute approximate surface area is 148 Å². The van der Waals surface area contributed by atoms with Crippen molar-refractivity contribution in [2.45, 2.75) is 20.4 Å². The standard InChI is InChI=1S/C19H25N3O3/c1-14(13-22-10-9-20-15(22)2)12-21-19(23)8-6-16-5-7-17(24-3)11-18(16)25-4/h5-11,14H,12-13H2,1-4H3,(H,21,23). The second-order valence-electron chi connectivity index (χ2n) is 5.92. The van der Waals surface area contributed by atoms with E-state index in [1.54, 1.807) is 32.6 Å². The molecule has 6 nitrogen and oxygen atoms in total. The molecule has 134 valence electrons. The van der Waals surface area contributed by atoms with Crippen molar-refractivity contribution in [1.29, 1.82) is 0 Å². The predicted molar refractivity (Wildman–Crippen MR) is 97.7 cm³/mol. The van der Waals surface area contributed by atoms with Gasteiger partial charge in [-0.25, -0.2) is 4.98 Å². The van der Waals surface area contributed by atoms with Gasteiger partial charge in [-0.05, 0) is 31.1 Å². The molecule has 1 amide bonds. The third-order valence-electron chi connectivity index (χ3n) is 3.91. The van der Waals surface area contributed by atoms with Crippen LogP contribution in [0.2, 0.25) is 0 Å². The minimum atomic E-state index is -0.132. The first-order chi connectivity index (χ1) is 12.0. The largest absolute Gasteiger partial charge is 0.497 e. The molecule has 1 aromatic heterocycles. The highest BCUT2D eigenvalue weighted by molar-refractivity contribution is 5.92. The second-order valence-corrected chi connectivity index (χ2v) is 5.92. The molecule has 6 heteroatoms. The fourth-order valence-electron chi connectivity index (χ4n) is 2.45. The Balaban J connectivity index is 1.87. The van der Waals surface area contributed by atoms with Crippen molar-refractivity contribution in [3.05, 3.63) is 48.1 Å². The number of nitrogens with zero attached hydrogens (tertiary/aromatic N) is 2. The SMILES string of the molecule is COc1ccc(C=CC(=O)NCC(C)Cn2ccnc2C)c(OC)c1.